The average Bonchev–Trinajstić information content (AvgIpc) is 1.61. The number of tetrazole rings is 1. The number of esters is 1. The van der Waals surface area contributed by atoms with Crippen LogP contribution in [0.15, 0.2) is 243 Å². The molecule has 0 saturated carbocycles. The number of nitrogen functional groups attached to an aromatic ring is 3. The number of nitriles is 1. The topological polar surface area (TPSA) is 322 Å². The summed E-state index contributed by atoms with van der Waals surface area (Å²) in [5.41, 5.74) is 41.9. The number of carboxylic acids is 1. The Morgan fingerprint density at radius 1 is 0.373 bits per heavy atom. The van der Waals surface area contributed by atoms with E-state index < -0.39 is 18.0 Å². The molecule has 12 N–H and O–H groups in total. The van der Waals surface area contributed by atoms with E-state index in [-0.39, 0.29) is 54.6 Å². The van der Waals surface area contributed by atoms with Crippen molar-refractivity contribution >= 4 is 46.7 Å². The highest BCUT2D eigenvalue weighted by molar-refractivity contribution is 5.95. The first-order chi connectivity index (χ1) is 57.8. The molecular weight excluding hydrogens is 1570 g/mol. The van der Waals surface area contributed by atoms with E-state index in [2.05, 4.69) is 316 Å². The van der Waals surface area contributed by atoms with Crippen LogP contribution in [0.4, 0.5) is 27.5 Å². The van der Waals surface area contributed by atoms with Gasteiger partial charge in [-0.3, -0.25) is 10.1 Å². The van der Waals surface area contributed by atoms with Crippen molar-refractivity contribution in [1.29, 1.82) is 5.26 Å². The Labute approximate surface area is 755 Å². The first-order valence-corrected chi connectivity index (χ1v) is 42.4. The van der Waals surface area contributed by atoms with Gasteiger partial charge in [0.1, 0.15) is 5.75 Å². The number of carboxylic acid groups (broad SMARTS) is 1. The molecule has 1 aromatic heterocycles. The summed E-state index contributed by atoms with van der Waals surface area (Å²) < 4.78 is 9.17. The van der Waals surface area contributed by atoms with Crippen LogP contribution in [-0.4, -0.2) is 69.0 Å². The first-order valence-electron chi connectivity index (χ1n) is 42.4. The lowest BCUT2D eigenvalue weighted by molar-refractivity contribution is 0.0600. The van der Waals surface area contributed by atoms with Crippen LogP contribution in [0.2, 0.25) is 0 Å². The number of aromatic amines is 1. The maximum absolute atomic E-state index is 11.4. The molecule has 0 radical (unpaired) electrons. The number of aromatic hydroxyl groups is 1. The number of benzene rings is 10. The van der Waals surface area contributed by atoms with Gasteiger partial charge in [0.25, 0.3) is 0 Å². The van der Waals surface area contributed by atoms with Crippen molar-refractivity contribution < 1.29 is 38.9 Å². The number of phenols is 1. The predicted molar refractivity (Wildman–Crippen MR) is 527 cm³/mol. The maximum Gasteiger partial charge on any atom is 0.411 e. The highest BCUT2D eigenvalue weighted by atomic mass is 16.5. The molecule has 0 fully saturated rings. The van der Waals surface area contributed by atoms with Crippen LogP contribution in [0.25, 0.3) is 11.4 Å². The third-order valence-electron chi connectivity index (χ3n) is 19.6. The Morgan fingerprint density at radius 2 is 0.714 bits per heavy atom. The Morgan fingerprint density at radius 3 is 1.06 bits per heavy atom. The smallest absolute Gasteiger partial charge is 0.411 e. The number of hydrogen-bond acceptors (Lipinski definition) is 14. The number of nitrogens with zero attached hydrogens (tertiary/aromatic N) is 4. The summed E-state index contributed by atoms with van der Waals surface area (Å²) >= 11 is 0. The number of nitrogens with two attached hydrogens (primary N) is 4. The van der Waals surface area contributed by atoms with Crippen molar-refractivity contribution in [2.45, 2.75) is 262 Å². The molecule has 18 heteroatoms. The molecule has 11 aromatic rings. The molecule has 0 spiro atoms. The number of H-pyrrole nitrogens is 1. The van der Waals surface area contributed by atoms with Gasteiger partial charge in [0.05, 0.1) is 37.0 Å². The summed E-state index contributed by atoms with van der Waals surface area (Å²) in [6.07, 6.45) is -0.446. The number of hydrogen-bond donors (Lipinski definition) is 8. The first kappa shape index (κ1) is 110. The molecule has 0 unspecified atom stereocenters. The summed E-state index contributed by atoms with van der Waals surface area (Å²) in [4.78, 5) is 43.7. The third-order valence-corrected chi connectivity index (χ3v) is 19.6. The number of aromatic carboxylic acids is 1. The molecule has 2 amide bonds. The van der Waals surface area contributed by atoms with Gasteiger partial charge in [0.15, 0.2) is 0 Å². The Balaban J connectivity index is 0.000000475. The van der Waals surface area contributed by atoms with Crippen molar-refractivity contribution in [2.24, 2.45) is 5.73 Å². The molecule has 126 heavy (non-hydrogen) atoms. The van der Waals surface area contributed by atoms with Crippen molar-refractivity contribution in [3.05, 3.63) is 321 Å². The number of carbonyl (C=O) groups excluding carboxylic acids is 3. The molecule has 11 rings (SSSR count). The van der Waals surface area contributed by atoms with E-state index in [0.29, 0.717) is 39.4 Å². The second kappa shape index (κ2) is 48.2. The Hall–Kier alpha value is -12.4. The van der Waals surface area contributed by atoms with E-state index in [1.807, 2.05) is 127 Å². The molecule has 0 bridgehead atoms. The van der Waals surface area contributed by atoms with Crippen LogP contribution in [0, 0.1) is 11.3 Å². The van der Waals surface area contributed by atoms with Gasteiger partial charge in [-0.2, -0.15) is 10.5 Å². The highest BCUT2D eigenvalue weighted by Crippen LogP contribution is 2.32. The van der Waals surface area contributed by atoms with E-state index in [4.69, 9.17) is 38.4 Å². The minimum atomic E-state index is -0.875. The Bertz CT molecular complexity index is 5020. The van der Waals surface area contributed by atoms with Crippen molar-refractivity contribution in [1.82, 2.24) is 20.6 Å². The number of anilines is 4. The molecule has 678 valence electrons. The minimum absolute atomic E-state index is 0.00350. The molecule has 0 aliphatic rings. The van der Waals surface area contributed by atoms with E-state index in [0.717, 1.165) is 39.3 Å². The number of nitrogens with one attached hydrogen (secondary N) is 2. The molecule has 0 saturated heterocycles. The second-order valence-electron chi connectivity index (χ2n) is 41.0. The zero-order valence-electron chi connectivity index (χ0n) is 81.5. The fourth-order valence-corrected chi connectivity index (χ4v) is 11.1. The number of rotatable bonds is 5. The summed E-state index contributed by atoms with van der Waals surface area (Å²) in [6, 6.07) is 79.8. The fraction of sp³-hybridized carbons (Fsp3) is 0.389. The summed E-state index contributed by atoms with van der Waals surface area (Å²) in [5.74, 6) is -0.668. The van der Waals surface area contributed by atoms with E-state index in [9.17, 15) is 19.2 Å². The van der Waals surface area contributed by atoms with E-state index in [1.54, 1.807) is 48.5 Å². The lowest BCUT2D eigenvalue weighted by Crippen LogP contribution is -2.14. The number of ether oxygens (including phenoxy) is 2. The van der Waals surface area contributed by atoms with Gasteiger partial charge in [-0.1, -0.05) is 347 Å². The second-order valence-corrected chi connectivity index (χ2v) is 41.0. The quantitative estimate of drug-likeness (QED) is 0.0586. The fourth-order valence-electron chi connectivity index (χ4n) is 11.1. The zero-order chi connectivity index (χ0) is 96.4. The SMILES string of the molecule is CC(C)(C)c1ccc(C(=O)O)cc1.CC(C)(C)c1ccc(C(N)=O)cc1.CC(C)(C)c1ccc(N)cc1.CC(C)(C)c1ccc(O)cc1.CC(C)(C)c1cccc(-c2nn[nH]n2)c1.CC(C)(C)c1cccc(C#N)c1.CC(C)(C)c1cccc(N)c1.CC(C)(C)c1ccccc1.COC(=O)Nc1ccc(C(C)(C)C)cc1.COC(=O)c1cc(C(C)(C)C)ccc1N. The standard InChI is InChI=1S/2C12H17NO2.C11H14N4.C11H15NO.C11H13N.C11H14O2.2C10H15N.C10H14O.C10H14/c1-12(2,3)9-5-7-10(8-6-9)13-11(14)15-4;1-12(2,3)8-5-6-10(13)9(7-8)11(14)15-4;1-11(2,3)9-6-4-5-8(7-9)10-12-14-15-13-10;1-11(2,3)9-6-4-8(5-7-9)10(12)13;1-11(2,3)10-6-4-5-9(7-10)8-12;1-11(2,3)9-6-4-8(5-7-9)10(12)13;1-10(2,3)8-4-6-9(11)7-5-8;1-10(2,3)8-5-4-6-9(11)7-8;1-10(2,3)8-4-6-9(11)7-5-8;1-10(2,3)9-7-5-4-6-8-9/h5-8H,1-4H3,(H,13,14);5-7H,13H2,1-4H3;4-7H,1-3H3,(H,12,13,14,15);4-7H,1-3H3,(H2,12,13);4-7H,1-3H3;4-7H,1-3H3,(H,12,13);2*4-7H,11H2,1-3H3;4-7,11H,1-3H3;4-8H,1-3H3. The monoisotopic (exact) mass is 1710 g/mol. The number of carbonyl (C=O) groups is 4. The molecule has 0 aliphatic heterocycles. The normalized spacial score (nSPS) is 11.3. The molecule has 18 nitrogen and oxygen atoms in total. The summed E-state index contributed by atoms with van der Waals surface area (Å²) in [7, 11) is 2.70. The zero-order valence-corrected chi connectivity index (χ0v) is 81.5. The van der Waals surface area contributed by atoms with Crippen LogP contribution in [-0.2, 0) is 63.6 Å². The van der Waals surface area contributed by atoms with Gasteiger partial charge >= 0.3 is 18.0 Å². The highest BCUT2D eigenvalue weighted by Gasteiger charge is 2.22. The van der Waals surface area contributed by atoms with Crippen LogP contribution >= 0.6 is 0 Å². The summed E-state index contributed by atoms with van der Waals surface area (Å²) in [6.45, 7) is 64.6. The largest absolute Gasteiger partial charge is 0.508 e. The molecule has 1 heterocycles. The van der Waals surface area contributed by atoms with E-state index >= 15 is 0 Å². The van der Waals surface area contributed by atoms with Gasteiger partial charge < -0.3 is 42.6 Å². The lowest BCUT2D eigenvalue weighted by atomic mass is 9.86. The van der Waals surface area contributed by atoms with Gasteiger partial charge in [0, 0.05) is 33.9 Å². The van der Waals surface area contributed by atoms with Crippen LogP contribution in [0.1, 0.15) is 300 Å². The van der Waals surface area contributed by atoms with Crippen molar-refractivity contribution in [2.75, 3.05) is 36.7 Å². The van der Waals surface area contributed by atoms with Gasteiger partial charge in [-0.05, 0) is 218 Å². The van der Waals surface area contributed by atoms with Crippen LogP contribution < -0.4 is 28.3 Å². The predicted octanol–water partition coefficient (Wildman–Crippen LogP) is 26.1. The van der Waals surface area contributed by atoms with Gasteiger partial charge in [0.2, 0.25) is 11.7 Å². The molecular formula is C108H148N10O8. The van der Waals surface area contributed by atoms with Crippen LogP contribution in [0.3, 0.4) is 0 Å². The maximum atomic E-state index is 11.4. The number of primary amides is 1. The number of phenolic OH excluding ortho intramolecular Hbond substituents is 1. The molecule has 0 aliphatic carbocycles. The van der Waals surface area contributed by atoms with Gasteiger partial charge in [-0.15, -0.1) is 10.2 Å². The number of aromatic nitrogens is 4. The number of amides is 2. The third kappa shape index (κ3) is 41.4. The minimum Gasteiger partial charge on any atom is -0.508 e. The van der Waals surface area contributed by atoms with Gasteiger partial charge in [-0.25, -0.2) is 14.4 Å². The average molecular weight is 1710 g/mol. The van der Waals surface area contributed by atoms with Crippen LogP contribution in [0.5, 0.6) is 5.75 Å². The van der Waals surface area contributed by atoms with Crippen molar-refractivity contribution in [3.8, 4) is 23.2 Å². The molecule has 0 atom stereocenters. The molecule has 10 aromatic carbocycles. The summed E-state index contributed by atoms with van der Waals surface area (Å²) in [5, 5.41) is 42.9. The number of methoxy groups -OCH3 is 2. The van der Waals surface area contributed by atoms with E-state index in [1.165, 1.54) is 58.7 Å². The lowest BCUT2D eigenvalue weighted by Gasteiger charge is -2.20. The Kier molecular flexibility index (Phi) is 42.0. The van der Waals surface area contributed by atoms with Crippen molar-refractivity contribution in [3.63, 3.8) is 0 Å².